The summed E-state index contributed by atoms with van der Waals surface area (Å²) in [6.45, 7) is 5.46. The van der Waals surface area contributed by atoms with Crippen molar-refractivity contribution in [2.24, 2.45) is 0 Å². The fourth-order valence-electron chi connectivity index (χ4n) is 2.52. The topological polar surface area (TPSA) is 48.4 Å². The van der Waals surface area contributed by atoms with Crippen LogP contribution < -0.4 is 10.2 Å². The van der Waals surface area contributed by atoms with E-state index in [2.05, 4.69) is 10.3 Å². The van der Waals surface area contributed by atoms with Crippen molar-refractivity contribution in [3.8, 4) is 0 Å². The molecule has 2 rings (SSSR count). The number of hydrogen-bond acceptors (Lipinski definition) is 4. The molecule has 4 nitrogen and oxygen atoms in total. The minimum atomic E-state index is -0.728. The Kier molecular flexibility index (Phi) is 4.98. The summed E-state index contributed by atoms with van der Waals surface area (Å²) in [6.07, 6.45) is 2.81. The Morgan fingerprint density at radius 2 is 2.10 bits per heavy atom. The maximum atomic E-state index is 14.0. The Hall–Kier alpha value is -1.43. The van der Waals surface area contributed by atoms with Crippen molar-refractivity contribution < 1.29 is 13.9 Å². The van der Waals surface area contributed by atoms with Gasteiger partial charge in [0.25, 0.3) is 0 Å². The largest absolute Gasteiger partial charge is 0.390 e. The van der Waals surface area contributed by atoms with Crippen molar-refractivity contribution in [3.05, 3.63) is 17.7 Å². The van der Waals surface area contributed by atoms with Crippen LogP contribution in [0, 0.1) is 11.6 Å². The molecule has 2 N–H and O–H groups in total. The molecule has 2 heterocycles. The third-order valence-corrected chi connectivity index (χ3v) is 3.82. The summed E-state index contributed by atoms with van der Waals surface area (Å²) in [5.41, 5.74) is -0.728. The lowest BCUT2D eigenvalue weighted by Crippen LogP contribution is -2.29. The SMILES string of the molecule is CCCNc1nc(N2CCCC(C)(O)CC2)c(F)cc1F. The van der Waals surface area contributed by atoms with Crippen molar-refractivity contribution in [2.75, 3.05) is 29.9 Å². The lowest BCUT2D eigenvalue weighted by Gasteiger charge is -2.24. The molecule has 21 heavy (non-hydrogen) atoms. The van der Waals surface area contributed by atoms with Crippen LogP contribution in [0.4, 0.5) is 20.4 Å². The van der Waals surface area contributed by atoms with Gasteiger partial charge in [-0.25, -0.2) is 13.8 Å². The summed E-state index contributed by atoms with van der Waals surface area (Å²) in [5.74, 6) is -1.08. The molecular formula is C15H23F2N3O. The average Bonchev–Trinajstić information content (AvgIpc) is 2.59. The molecule has 0 radical (unpaired) electrons. The molecule has 1 aliphatic heterocycles. The first kappa shape index (κ1) is 15.9. The predicted molar refractivity (Wildman–Crippen MR) is 79.6 cm³/mol. The Bertz CT molecular complexity index is 494. The second-order valence-electron chi connectivity index (χ2n) is 5.89. The first-order chi connectivity index (χ1) is 9.93. The van der Waals surface area contributed by atoms with Crippen molar-refractivity contribution in [2.45, 2.75) is 45.1 Å². The highest BCUT2D eigenvalue weighted by molar-refractivity contribution is 5.49. The minimum Gasteiger partial charge on any atom is -0.390 e. The molecule has 1 fully saturated rings. The summed E-state index contributed by atoms with van der Waals surface area (Å²) in [4.78, 5) is 5.89. The van der Waals surface area contributed by atoms with E-state index in [0.29, 0.717) is 32.5 Å². The zero-order chi connectivity index (χ0) is 15.5. The summed E-state index contributed by atoms with van der Waals surface area (Å²) < 4.78 is 27.7. The number of aliphatic hydroxyl groups is 1. The van der Waals surface area contributed by atoms with Crippen molar-refractivity contribution in [3.63, 3.8) is 0 Å². The first-order valence-electron chi connectivity index (χ1n) is 7.50. The molecule has 0 aliphatic carbocycles. The number of hydrogen-bond donors (Lipinski definition) is 2. The average molecular weight is 299 g/mol. The van der Waals surface area contributed by atoms with Gasteiger partial charge in [0, 0.05) is 25.7 Å². The van der Waals surface area contributed by atoms with Crippen LogP contribution in [0.2, 0.25) is 0 Å². The van der Waals surface area contributed by atoms with Crippen LogP contribution in [0.5, 0.6) is 0 Å². The van der Waals surface area contributed by atoms with Gasteiger partial charge in [-0.3, -0.25) is 0 Å². The van der Waals surface area contributed by atoms with E-state index >= 15 is 0 Å². The fourth-order valence-corrected chi connectivity index (χ4v) is 2.52. The molecule has 1 unspecified atom stereocenters. The van der Waals surface area contributed by atoms with E-state index in [1.54, 1.807) is 11.8 Å². The summed E-state index contributed by atoms with van der Waals surface area (Å²) in [6, 6.07) is 0.878. The Morgan fingerprint density at radius 1 is 1.33 bits per heavy atom. The quantitative estimate of drug-likeness (QED) is 0.897. The van der Waals surface area contributed by atoms with Crippen LogP contribution in [0.15, 0.2) is 6.07 Å². The van der Waals surface area contributed by atoms with Gasteiger partial charge in [0.05, 0.1) is 5.60 Å². The normalized spacial score (nSPS) is 23.0. The second-order valence-corrected chi connectivity index (χ2v) is 5.89. The Labute approximate surface area is 124 Å². The van der Waals surface area contributed by atoms with E-state index < -0.39 is 17.2 Å². The number of nitrogens with one attached hydrogen (secondary N) is 1. The molecular weight excluding hydrogens is 276 g/mol. The van der Waals surface area contributed by atoms with Gasteiger partial charge >= 0.3 is 0 Å². The van der Waals surface area contributed by atoms with Gasteiger partial charge < -0.3 is 15.3 Å². The van der Waals surface area contributed by atoms with Crippen LogP contribution in [0.1, 0.15) is 39.5 Å². The smallest absolute Gasteiger partial charge is 0.168 e. The zero-order valence-electron chi connectivity index (χ0n) is 12.6. The lowest BCUT2D eigenvalue weighted by molar-refractivity contribution is 0.0481. The molecule has 1 aliphatic rings. The summed E-state index contributed by atoms with van der Waals surface area (Å²) in [5, 5.41) is 13.0. The molecule has 0 aromatic carbocycles. The van der Waals surface area contributed by atoms with Gasteiger partial charge in [-0.15, -0.1) is 0 Å². The Morgan fingerprint density at radius 3 is 2.81 bits per heavy atom. The minimum absolute atomic E-state index is 0.0873. The monoisotopic (exact) mass is 299 g/mol. The third kappa shape index (κ3) is 4.03. The molecule has 0 saturated carbocycles. The highest BCUT2D eigenvalue weighted by Gasteiger charge is 2.27. The van der Waals surface area contributed by atoms with Gasteiger partial charge in [0.1, 0.15) is 0 Å². The second kappa shape index (κ2) is 6.56. The van der Waals surface area contributed by atoms with Gasteiger partial charge in [-0.1, -0.05) is 6.92 Å². The van der Waals surface area contributed by atoms with E-state index in [-0.39, 0.29) is 11.6 Å². The van der Waals surface area contributed by atoms with Crippen molar-refractivity contribution in [1.82, 2.24) is 4.98 Å². The van der Waals surface area contributed by atoms with E-state index in [1.165, 1.54) is 0 Å². The van der Waals surface area contributed by atoms with E-state index in [0.717, 1.165) is 18.9 Å². The number of rotatable bonds is 4. The fraction of sp³-hybridized carbons (Fsp3) is 0.667. The highest BCUT2D eigenvalue weighted by atomic mass is 19.1. The van der Waals surface area contributed by atoms with E-state index in [9.17, 15) is 13.9 Å². The predicted octanol–water partition coefficient (Wildman–Crippen LogP) is 2.92. The van der Waals surface area contributed by atoms with Crippen LogP contribution >= 0.6 is 0 Å². The number of halogens is 2. The molecule has 0 amide bonds. The van der Waals surface area contributed by atoms with Crippen molar-refractivity contribution >= 4 is 11.6 Å². The number of nitrogens with zero attached hydrogens (tertiary/aromatic N) is 2. The molecule has 118 valence electrons. The molecule has 1 aromatic heterocycles. The summed E-state index contributed by atoms with van der Waals surface area (Å²) >= 11 is 0. The standard InChI is InChI=1S/C15H23F2N3O/c1-3-7-18-13-11(16)10-12(17)14(19-13)20-8-4-5-15(2,21)6-9-20/h10,21H,3-9H2,1-2H3,(H,18,19). The van der Waals surface area contributed by atoms with Crippen LogP contribution in [-0.4, -0.2) is 35.3 Å². The van der Waals surface area contributed by atoms with E-state index in [1.807, 2.05) is 6.92 Å². The lowest BCUT2D eigenvalue weighted by atomic mass is 9.98. The number of pyridine rings is 1. The molecule has 0 bridgehead atoms. The molecule has 1 atom stereocenters. The van der Waals surface area contributed by atoms with Gasteiger partial charge in [0.15, 0.2) is 23.3 Å². The van der Waals surface area contributed by atoms with Crippen LogP contribution in [0.3, 0.4) is 0 Å². The molecule has 6 heteroatoms. The number of aromatic nitrogens is 1. The van der Waals surface area contributed by atoms with E-state index in [4.69, 9.17) is 0 Å². The molecule has 1 saturated heterocycles. The van der Waals surface area contributed by atoms with Gasteiger partial charge in [-0.2, -0.15) is 0 Å². The van der Waals surface area contributed by atoms with Gasteiger partial charge in [-0.05, 0) is 32.6 Å². The molecule has 1 aromatic rings. The maximum absolute atomic E-state index is 14.0. The van der Waals surface area contributed by atoms with Crippen LogP contribution in [0.25, 0.3) is 0 Å². The van der Waals surface area contributed by atoms with Crippen LogP contribution in [-0.2, 0) is 0 Å². The zero-order valence-corrected chi connectivity index (χ0v) is 12.6. The maximum Gasteiger partial charge on any atom is 0.168 e. The molecule has 0 spiro atoms. The highest BCUT2D eigenvalue weighted by Crippen LogP contribution is 2.27. The third-order valence-electron chi connectivity index (χ3n) is 3.82. The number of anilines is 2. The van der Waals surface area contributed by atoms with Crippen molar-refractivity contribution in [1.29, 1.82) is 0 Å². The summed E-state index contributed by atoms with van der Waals surface area (Å²) in [7, 11) is 0. The van der Waals surface area contributed by atoms with Gasteiger partial charge in [0.2, 0.25) is 0 Å². The Balaban J connectivity index is 2.21. The first-order valence-corrected chi connectivity index (χ1v) is 7.50.